The van der Waals surface area contributed by atoms with E-state index in [4.69, 9.17) is 4.74 Å². The molecular formula is C19H17NO2S. The quantitative estimate of drug-likeness (QED) is 0.543. The molecule has 0 aromatic carbocycles. The lowest BCUT2D eigenvalue weighted by Crippen LogP contribution is -2.48. The molecule has 23 heavy (non-hydrogen) atoms. The molecular weight excluding hydrogens is 306 g/mol. The fraction of sp³-hybridized carbons (Fsp3) is 0.421. The number of carbonyl (C=O) groups is 1. The third-order valence-corrected chi connectivity index (χ3v) is 6.30. The lowest BCUT2D eigenvalue weighted by atomic mass is 9.77. The molecule has 1 aliphatic carbocycles. The molecule has 2 fully saturated rings. The Hall–Kier alpha value is -1.83. The molecule has 3 nitrogen and oxygen atoms in total. The molecule has 2 saturated heterocycles. The first-order chi connectivity index (χ1) is 11.3. The zero-order chi connectivity index (χ0) is 15.4. The van der Waals surface area contributed by atoms with Gasteiger partial charge in [-0.05, 0) is 30.8 Å². The minimum Gasteiger partial charge on any atom is -0.449 e. The number of piperidine rings is 1. The molecule has 1 aromatic rings. The Labute approximate surface area is 139 Å². The molecule has 3 atom stereocenters. The van der Waals surface area contributed by atoms with Gasteiger partial charge in [-0.15, -0.1) is 11.3 Å². The summed E-state index contributed by atoms with van der Waals surface area (Å²) in [5, 5.41) is 2.03. The zero-order valence-electron chi connectivity index (χ0n) is 12.7. The largest absolute Gasteiger partial charge is 0.449 e. The van der Waals surface area contributed by atoms with E-state index >= 15 is 0 Å². The van der Waals surface area contributed by atoms with E-state index in [1.54, 1.807) is 17.4 Å². The van der Waals surface area contributed by atoms with Crippen molar-refractivity contribution >= 4 is 17.3 Å². The van der Waals surface area contributed by atoms with Crippen molar-refractivity contribution in [3.8, 4) is 11.8 Å². The number of hydrogen-bond donors (Lipinski definition) is 0. The Morgan fingerprint density at radius 1 is 1.35 bits per heavy atom. The Morgan fingerprint density at radius 3 is 3.17 bits per heavy atom. The van der Waals surface area contributed by atoms with Crippen molar-refractivity contribution < 1.29 is 9.53 Å². The first-order valence-corrected chi connectivity index (χ1v) is 9.13. The fourth-order valence-electron chi connectivity index (χ4n) is 4.65. The van der Waals surface area contributed by atoms with Gasteiger partial charge in [0.2, 0.25) is 0 Å². The maximum atomic E-state index is 12.1. The van der Waals surface area contributed by atoms with Crippen molar-refractivity contribution in [1.29, 1.82) is 0 Å². The summed E-state index contributed by atoms with van der Waals surface area (Å²) < 4.78 is 5.90. The van der Waals surface area contributed by atoms with E-state index < -0.39 is 5.60 Å². The SMILES string of the molecule is O=C1C=C2C(C#Cc3cccs3)=CC3CC2(O1)C1CCCCN31. The zero-order valence-corrected chi connectivity index (χ0v) is 13.6. The summed E-state index contributed by atoms with van der Waals surface area (Å²) in [5.74, 6) is 6.36. The van der Waals surface area contributed by atoms with Gasteiger partial charge in [-0.3, -0.25) is 4.90 Å². The van der Waals surface area contributed by atoms with Gasteiger partial charge < -0.3 is 4.74 Å². The van der Waals surface area contributed by atoms with E-state index in [2.05, 4.69) is 22.8 Å². The molecule has 4 heteroatoms. The monoisotopic (exact) mass is 323 g/mol. The van der Waals surface area contributed by atoms with Crippen molar-refractivity contribution in [2.24, 2.45) is 0 Å². The second kappa shape index (κ2) is 4.83. The standard InChI is InChI=1S/C19H17NO2S/c21-18-11-16-13(6-7-15-4-3-9-23-15)10-14-12-19(16,22-18)17-5-1-2-8-20(14)17/h3-4,9-11,14,17H,1-2,5,8,12H2. The van der Waals surface area contributed by atoms with E-state index in [0.717, 1.165) is 35.4 Å². The molecule has 3 aliphatic heterocycles. The topological polar surface area (TPSA) is 29.5 Å². The molecule has 1 aromatic heterocycles. The van der Waals surface area contributed by atoms with Gasteiger partial charge in [-0.25, -0.2) is 4.79 Å². The van der Waals surface area contributed by atoms with Crippen LogP contribution < -0.4 is 0 Å². The van der Waals surface area contributed by atoms with Gasteiger partial charge in [0.1, 0.15) is 0 Å². The van der Waals surface area contributed by atoms with E-state index in [0.29, 0.717) is 12.1 Å². The van der Waals surface area contributed by atoms with Gasteiger partial charge >= 0.3 is 5.97 Å². The van der Waals surface area contributed by atoms with Crippen LogP contribution in [0, 0.1) is 11.8 Å². The van der Waals surface area contributed by atoms with Gasteiger partial charge in [-0.2, -0.15) is 0 Å². The number of ether oxygens (including phenoxy) is 1. The maximum absolute atomic E-state index is 12.1. The summed E-state index contributed by atoms with van der Waals surface area (Å²) in [6.45, 7) is 1.10. The smallest absolute Gasteiger partial charge is 0.332 e. The number of thiophene rings is 1. The summed E-state index contributed by atoms with van der Waals surface area (Å²) in [4.78, 5) is 15.6. The number of hydrogen-bond acceptors (Lipinski definition) is 4. The van der Waals surface area contributed by atoms with E-state index in [-0.39, 0.29) is 5.97 Å². The van der Waals surface area contributed by atoms with Crippen LogP contribution in [0.1, 0.15) is 30.6 Å². The molecule has 0 radical (unpaired) electrons. The van der Waals surface area contributed by atoms with Crippen LogP contribution in [0.2, 0.25) is 0 Å². The van der Waals surface area contributed by atoms with Crippen LogP contribution in [0.3, 0.4) is 0 Å². The third-order valence-electron chi connectivity index (χ3n) is 5.51. The highest BCUT2D eigenvalue weighted by Gasteiger charge is 2.61. The van der Waals surface area contributed by atoms with E-state index in [1.807, 2.05) is 17.5 Å². The predicted molar refractivity (Wildman–Crippen MR) is 88.9 cm³/mol. The summed E-state index contributed by atoms with van der Waals surface area (Å²) >= 11 is 1.64. The van der Waals surface area contributed by atoms with Crippen LogP contribution >= 0.6 is 11.3 Å². The van der Waals surface area contributed by atoms with Crippen LogP contribution in [0.5, 0.6) is 0 Å². The molecule has 116 valence electrons. The molecule has 2 bridgehead atoms. The van der Waals surface area contributed by atoms with E-state index in [9.17, 15) is 4.79 Å². The fourth-order valence-corrected chi connectivity index (χ4v) is 5.22. The first kappa shape index (κ1) is 13.6. The van der Waals surface area contributed by atoms with Crippen molar-refractivity contribution in [3.05, 3.63) is 45.7 Å². The second-order valence-corrected chi connectivity index (χ2v) is 7.64. The van der Waals surface area contributed by atoms with Crippen molar-refractivity contribution in [1.82, 2.24) is 4.90 Å². The predicted octanol–water partition coefficient (Wildman–Crippen LogP) is 2.89. The van der Waals surface area contributed by atoms with Crippen LogP contribution in [0.25, 0.3) is 0 Å². The molecule has 0 amide bonds. The minimum absolute atomic E-state index is 0.197. The highest BCUT2D eigenvalue weighted by molar-refractivity contribution is 7.10. The Bertz CT molecular complexity index is 795. The Morgan fingerprint density at radius 2 is 2.30 bits per heavy atom. The Kier molecular flexibility index (Phi) is 2.86. The van der Waals surface area contributed by atoms with Crippen molar-refractivity contribution in [2.75, 3.05) is 6.54 Å². The summed E-state index contributed by atoms with van der Waals surface area (Å²) in [6.07, 6.45) is 8.41. The van der Waals surface area contributed by atoms with Gasteiger partial charge in [0.05, 0.1) is 10.9 Å². The number of rotatable bonds is 0. The lowest BCUT2D eigenvalue weighted by Gasteiger charge is -2.38. The first-order valence-electron chi connectivity index (χ1n) is 8.25. The molecule has 3 unspecified atom stereocenters. The van der Waals surface area contributed by atoms with Gasteiger partial charge in [0, 0.05) is 29.7 Å². The molecule has 0 N–H and O–H groups in total. The number of carbonyl (C=O) groups excluding carboxylic acids is 1. The summed E-state index contributed by atoms with van der Waals surface area (Å²) in [7, 11) is 0. The van der Waals surface area contributed by atoms with E-state index in [1.165, 1.54) is 12.8 Å². The number of nitrogens with zero attached hydrogens (tertiary/aromatic N) is 1. The molecule has 1 spiro atoms. The molecule has 4 heterocycles. The number of esters is 1. The average molecular weight is 323 g/mol. The molecule has 4 aliphatic rings. The van der Waals surface area contributed by atoms with Gasteiger partial charge in [-0.1, -0.05) is 30.4 Å². The molecule has 5 rings (SSSR count). The van der Waals surface area contributed by atoms with Crippen LogP contribution in [0.15, 0.2) is 40.8 Å². The summed E-state index contributed by atoms with van der Waals surface area (Å²) in [5.41, 5.74) is 1.59. The highest BCUT2D eigenvalue weighted by Crippen LogP contribution is 2.53. The van der Waals surface area contributed by atoms with Crippen LogP contribution in [-0.2, 0) is 9.53 Å². The normalized spacial score (nSPS) is 34.7. The Balaban J connectivity index is 1.60. The maximum Gasteiger partial charge on any atom is 0.332 e. The van der Waals surface area contributed by atoms with Crippen molar-refractivity contribution in [3.63, 3.8) is 0 Å². The third kappa shape index (κ3) is 1.90. The summed E-state index contributed by atoms with van der Waals surface area (Å²) in [6, 6.07) is 4.73. The molecule has 0 saturated carbocycles. The number of fused-ring (bicyclic) bond motifs is 3. The average Bonchev–Trinajstić information content (AvgIpc) is 3.24. The lowest BCUT2D eigenvalue weighted by molar-refractivity contribution is -0.148. The van der Waals surface area contributed by atoms with Crippen LogP contribution in [-0.4, -0.2) is 35.1 Å². The van der Waals surface area contributed by atoms with Crippen molar-refractivity contribution in [2.45, 2.75) is 43.4 Å². The minimum atomic E-state index is -0.434. The highest BCUT2D eigenvalue weighted by atomic mass is 32.1. The van der Waals surface area contributed by atoms with Gasteiger partial charge in [0.15, 0.2) is 5.60 Å². The second-order valence-electron chi connectivity index (χ2n) is 6.70. The van der Waals surface area contributed by atoms with Crippen LogP contribution in [0.4, 0.5) is 0 Å². The van der Waals surface area contributed by atoms with Gasteiger partial charge in [0.25, 0.3) is 0 Å².